The van der Waals surface area contributed by atoms with Gasteiger partial charge >= 0.3 is 18.1 Å². The lowest BCUT2D eigenvalue weighted by molar-refractivity contribution is -0.159. The van der Waals surface area contributed by atoms with Crippen molar-refractivity contribution >= 4 is 11.7 Å². The number of nitrogens with zero attached hydrogens (tertiary/aromatic N) is 3. The largest absolute Gasteiger partial charge is 0.471 e. The molecule has 10 heteroatoms. The van der Waals surface area contributed by atoms with Gasteiger partial charge in [-0.3, -0.25) is 4.84 Å². The fourth-order valence-electron chi connectivity index (χ4n) is 1.63. The topological polar surface area (TPSA) is 80.5 Å². The fraction of sp³-hybridized carbons (Fsp3) is 0.267. The zero-order chi connectivity index (χ0) is 18.6. The van der Waals surface area contributed by atoms with Crippen LogP contribution < -0.4 is 5.32 Å². The van der Waals surface area contributed by atoms with E-state index >= 15 is 0 Å². The number of anilines is 1. The molecule has 7 nitrogen and oxygen atoms in total. The second kappa shape index (κ2) is 7.34. The standard InChI is InChI=1S/C15H15F3N4O3/c1-9(2)8-24-22(3)14(23)19-11-6-4-10(5-7-11)12-20-13(25-21-12)15(16,17)18/h4-7H,1,8H2,2-3H3,(H,19,23). The van der Waals surface area contributed by atoms with E-state index in [1.54, 1.807) is 6.92 Å². The van der Waals surface area contributed by atoms with Crippen LogP contribution in [0.2, 0.25) is 0 Å². The van der Waals surface area contributed by atoms with Crippen molar-refractivity contribution in [3.63, 3.8) is 0 Å². The molecule has 0 aliphatic carbocycles. The lowest BCUT2D eigenvalue weighted by Crippen LogP contribution is -2.31. The summed E-state index contributed by atoms with van der Waals surface area (Å²) in [5, 5.41) is 6.86. The molecule has 2 aromatic rings. The Morgan fingerprint density at radius 2 is 2.00 bits per heavy atom. The van der Waals surface area contributed by atoms with Gasteiger partial charge in [0.25, 0.3) is 0 Å². The normalized spacial score (nSPS) is 11.2. The van der Waals surface area contributed by atoms with Crippen LogP contribution in [0.1, 0.15) is 12.8 Å². The van der Waals surface area contributed by atoms with Gasteiger partial charge in [0.1, 0.15) is 0 Å². The first kappa shape index (κ1) is 18.5. The maximum Gasteiger partial charge on any atom is 0.471 e. The van der Waals surface area contributed by atoms with E-state index in [-0.39, 0.29) is 12.4 Å². The molecule has 1 N–H and O–H groups in total. The molecule has 0 unspecified atom stereocenters. The second-order valence-electron chi connectivity index (χ2n) is 5.16. The maximum atomic E-state index is 12.4. The van der Waals surface area contributed by atoms with Crippen molar-refractivity contribution in [2.24, 2.45) is 0 Å². The van der Waals surface area contributed by atoms with Crippen LogP contribution in [0.3, 0.4) is 0 Å². The molecule has 0 saturated carbocycles. The molecule has 0 bridgehead atoms. The van der Waals surface area contributed by atoms with Crippen molar-refractivity contribution < 1.29 is 27.3 Å². The molecule has 1 aromatic heterocycles. The van der Waals surface area contributed by atoms with Crippen LogP contribution in [0.5, 0.6) is 0 Å². The first-order chi connectivity index (χ1) is 11.7. The molecule has 134 valence electrons. The molecule has 2 amide bonds. The van der Waals surface area contributed by atoms with Crippen molar-refractivity contribution in [2.75, 3.05) is 19.0 Å². The molecule has 1 heterocycles. The highest BCUT2D eigenvalue weighted by atomic mass is 19.4. The molecule has 25 heavy (non-hydrogen) atoms. The molecular weight excluding hydrogens is 341 g/mol. The van der Waals surface area contributed by atoms with Gasteiger partial charge in [-0.15, -0.1) is 0 Å². The number of benzene rings is 1. The van der Waals surface area contributed by atoms with Gasteiger partial charge in [0.05, 0.1) is 6.61 Å². The van der Waals surface area contributed by atoms with E-state index in [9.17, 15) is 18.0 Å². The molecule has 2 rings (SSSR count). The minimum Gasteiger partial charge on any atom is -0.329 e. The number of aromatic nitrogens is 2. The predicted molar refractivity (Wildman–Crippen MR) is 82.3 cm³/mol. The summed E-state index contributed by atoms with van der Waals surface area (Å²) in [4.78, 5) is 20.3. The first-order valence-electron chi connectivity index (χ1n) is 7.00. The van der Waals surface area contributed by atoms with Crippen molar-refractivity contribution in [3.8, 4) is 11.4 Å². The Morgan fingerprint density at radius 3 is 2.52 bits per heavy atom. The number of nitrogens with one attached hydrogen (secondary N) is 1. The number of urea groups is 1. The van der Waals surface area contributed by atoms with E-state index in [0.29, 0.717) is 11.3 Å². The first-order valence-corrected chi connectivity index (χ1v) is 7.00. The quantitative estimate of drug-likeness (QED) is 0.652. The van der Waals surface area contributed by atoms with Gasteiger partial charge < -0.3 is 9.84 Å². The number of carbonyl (C=O) groups is 1. The highest BCUT2D eigenvalue weighted by Crippen LogP contribution is 2.29. The number of hydrogen-bond acceptors (Lipinski definition) is 5. The Bertz CT molecular complexity index is 756. The highest BCUT2D eigenvalue weighted by Gasteiger charge is 2.38. The third-order valence-corrected chi connectivity index (χ3v) is 2.85. The average Bonchev–Trinajstić information content (AvgIpc) is 3.03. The van der Waals surface area contributed by atoms with Crippen LogP contribution in [0, 0.1) is 0 Å². The molecule has 0 saturated heterocycles. The van der Waals surface area contributed by atoms with Crippen LogP contribution in [-0.4, -0.2) is 34.9 Å². The molecule has 0 aliphatic rings. The molecule has 0 radical (unpaired) electrons. The molecule has 0 atom stereocenters. The number of hydrogen-bond donors (Lipinski definition) is 1. The van der Waals surface area contributed by atoms with Gasteiger partial charge in [-0.05, 0) is 31.2 Å². The summed E-state index contributed by atoms with van der Waals surface area (Å²) in [6.07, 6.45) is -4.70. The number of halogens is 3. The summed E-state index contributed by atoms with van der Waals surface area (Å²) in [6, 6.07) is 5.37. The van der Waals surface area contributed by atoms with Gasteiger partial charge in [-0.2, -0.15) is 18.2 Å². The van der Waals surface area contributed by atoms with Gasteiger partial charge in [0.2, 0.25) is 5.82 Å². The Kier molecular flexibility index (Phi) is 5.42. The molecule has 0 fully saturated rings. The fourth-order valence-corrected chi connectivity index (χ4v) is 1.63. The van der Waals surface area contributed by atoms with Gasteiger partial charge in [0.15, 0.2) is 0 Å². The minimum absolute atomic E-state index is 0.197. The predicted octanol–water partition coefficient (Wildman–Crippen LogP) is 3.73. The monoisotopic (exact) mass is 356 g/mol. The number of rotatable bonds is 5. The summed E-state index contributed by atoms with van der Waals surface area (Å²) in [7, 11) is 1.44. The van der Waals surface area contributed by atoms with E-state index in [2.05, 4.69) is 26.6 Å². The summed E-state index contributed by atoms with van der Waals surface area (Å²) in [5.74, 6) is -1.62. The van der Waals surface area contributed by atoms with Crippen molar-refractivity contribution in [3.05, 3.63) is 42.3 Å². The summed E-state index contributed by atoms with van der Waals surface area (Å²) in [6.45, 7) is 5.61. The molecular formula is C15H15F3N4O3. The van der Waals surface area contributed by atoms with Crippen LogP contribution in [0.25, 0.3) is 11.4 Å². The molecule has 1 aromatic carbocycles. The van der Waals surface area contributed by atoms with Gasteiger partial charge in [0, 0.05) is 18.3 Å². The van der Waals surface area contributed by atoms with Crippen molar-refractivity contribution in [2.45, 2.75) is 13.1 Å². The summed E-state index contributed by atoms with van der Waals surface area (Å²) in [5.41, 5.74) is 1.48. The third kappa shape index (κ3) is 5.05. The second-order valence-corrected chi connectivity index (χ2v) is 5.16. The zero-order valence-corrected chi connectivity index (χ0v) is 13.4. The number of alkyl halides is 3. The van der Waals surface area contributed by atoms with Crippen LogP contribution in [0.4, 0.5) is 23.7 Å². The van der Waals surface area contributed by atoms with E-state index in [1.165, 1.54) is 31.3 Å². The van der Waals surface area contributed by atoms with Crippen LogP contribution in [-0.2, 0) is 11.0 Å². The van der Waals surface area contributed by atoms with Gasteiger partial charge in [-0.1, -0.05) is 17.3 Å². The van der Waals surface area contributed by atoms with E-state index in [1.807, 2.05) is 0 Å². The Labute approximate surface area is 141 Å². The lowest BCUT2D eigenvalue weighted by Gasteiger charge is -2.17. The Hall–Kier alpha value is -2.88. The Balaban J connectivity index is 2.01. The van der Waals surface area contributed by atoms with Gasteiger partial charge in [-0.25, -0.2) is 9.86 Å². The number of hydroxylamine groups is 2. The lowest BCUT2D eigenvalue weighted by atomic mass is 10.2. The van der Waals surface area contributed by atoms with Crippen molar-refractivity contribution in [1.82, 2.24) is 15.2 Å². The van der Waals surface area contributed by atoms with E-state index in [0.717, 1.165) is 10.6 Å². The van der Waals surface area contributed by atoms with E-state index in [4.69, 9.17) is 4.84 Å². The Morgan fingerprint density at radius 1 is 1.36 bits per heavy atom. The highest BCUT2D eigenvalue weighted by molar-refractivity contribution is 5.88. The molecule has 0 aliphatic heterocycles. The molecule has 0 spiro atoms. The number of amides is 2. The van der Waals surface area contributed by atoms with Crippen LogP contribution >= 0.6 is 0 Å². The van der Waals surface area contributed by atoms with E-state index < -0.39 is 18.1 Å². The smallest absolute Gasteiger partial charge is 0.329 e. The SMILES string of the molecule is C=C(C)CON(C)C(=O)Nc1ccc(-c2noc(C(F)(F)F)n2)cc1. The van der Waals surface area contributed by atoms with Crippen LogP contribution in [0.15, 0.2) is 40.9 Å². The maximum absolute atomic E-state index is 12.4. The summed E-state index contributed by atoms with van der Waals surface area (Å²) >= 11 is 0. The summed E-state index contributed by atoms with van der Waals surface area (Å²) < 4.78 is 41.5. The number of carbonyl (C=O) groups excluding carboxylic acids is 1. The minimum atomic E-state index is -4.70. The third-order valence-electron chi connectivity index (χ3n) is 2.85. The average molecular weight is 356 g/mol. The van der Waals surface area contributed by atoms with Crippen molar-refractivity contribution in [1.29, 1.82) is 0 Å². The zero-order valence-electron chi connectivity index (χ0n) is 13.4.